The van der Waals surface area contributed by atoms with E-state index < -0.39 is 29.3 Å². The van der Waals surface area contributed by atoms with Gasteiger partial charge in [0.1, 0.15) is 11.4 Å². The molecule has 1 aromatic carbocycles. The fourth-order valence-corrected chi connectivity index (χ4v) is 3.62. The Hall–Kier alpha value is -1.33. The third-order valence-corrected chi connectivity index (χ3v) is 4.63. The summed E-state index contributed by atoms with van der Waals surface area (Å²) in [6.45, 7) is 5.50. The largest absolute Gasteiger partial charge is 0.465 e. The van der Waals surface area contributed by atoms with Crippen molar-refractivity contribution < 1.29 is 19.4 Å². The molecule has 1 aliphatic heterocycles. The zero-order chi connectivity index (χ0) is 15.9. The number of aryl methyl sites for hydroxylation is 1. The molecular weight excluding hydrogens is 297 g/mol. The van der Waals surface area contributed by atoms with Crippen LogP contribution in [0.2, 0.25) is 5.02 Å². The molecule has 1 aromatic rings. The number of piperidine rings is 1. The molecule has 1 aliphatic rings. The Labute approximate surface area is 128 Å². The van der Waals surface area contributed by atoms with E-state index in [2.05, 4.69) is 0 Å². The van der Waals surface area contributed by atoms with E-state index in [1.54, 1.807) is 26.8 Å². The standard InChI is InChI=1S/C15H19ClFNO3/c1-8-4-11(16)5-12(17)13(8)15(21)9(2)6-18(14(19)20)7-10(15)3/h4-5,9-10,21H,6-7H2,1-3H3,(H,19,20)/t9-,10+,15?. The summed E-state index contributed by atoms with van der Waals surface area (Å²) in [5, 5.41) is 20.5. The number of carboxylic acid groups (broad SMARTS) is 1. The normalized spacial score (nSPS) is 29.5. The van der Waals surface area contributed by atoms with Crippen molar-refractivity contribution in [3.05, 3.63) is 34.1 Å². The van der Waals surface area contributed by atoms with E-state index in [0.29, 0.717) is 5.56 Å². The Kier molecular flexibility index (Phi) is 4.17. The molecule has 1 unspecified atom stereocenters. The molecule has 1 saturated heterocycles. The van der Waals surface area contributed by atoms with Crippen LogP contribution in [0, 0.1) is 24.6 Å². The Morgan fingerprint density at radius 2 is 1.90 bits per heavy atom. The van der Waals surface area contributed by atoms with Gasteiger partial charge in [-0.1, -0.05) is 25.4 Å². The lowest BCUT2D eigenvalue weighted by Gasteiger charge is -2.47. The van der Waals surface area contributed by atoms with Gasteiger partial charge in [0.2, 0.25) is 0 Å². The van der Waals surface area contributed by atoms with Crippen molar-refractivity contribution in [1.29, 1.82) is 0 Å². The second kappa shape index (κ2) is 5.46. The summed E-state index contributed by atoms with van der Waals surface area (Å²) in [7, 11) is 0. The summed E-state index contributed by atoms with van der Waals surface area (Å²) in [5.74, 6) is -1.40. The van der Waals surface area contributed by atoms with Crippen LogP contribution in [0.3, 0.4) is 0 Å². The third kappa shape index (κ3) is 2.60. The van der Waals surface area contributed by atoms with Gasteiger partial charge in [0.25, 0.3) is 0 Å². The summed E-state index contributed by atoms with van der Waals surface area (Å²) >= 11 is 5.84. The molecule has 6 heteroatoms. The van der Waals surface area contributed by atoms with E-state index in [0.717, 1.165) is 0 Å². The van der Waals surface area contributed by atoms with Crippen LogP contribution in [0.5, 0.6) is 0 Å². The molecule has 1 fully saturated rings. The molecule has 0 saturated carbocycles. The molecule has 1 heterocycles. The van der Waals surface area contributed by atoms with Gasteiger partial charge in [-0.25, -0.2) is 9.18 Å². The van der Waals surface area contributed by atoms with Gasteiger partial charge < -0.3 is 15.1 Å². The smallest absolute Gasteiger partial charge is 0.407 e. The van der Waals surface area contributed by atoms with Gasteiger partial charge in [-0.2, -0.15) is 0 Å². The highest BCUT2D eigenvalue weighted by molar-refractivity contribution is 6.30. The molecule has 0 aromatic heterocycles. The average Bonchev–Trinajstić information content (AvgIpc) is 2.34. The lowest BCUT2D eigenvalue weighted by atomic mass is 9.69. The first kappa shape index (κ1) is 16.0. The molecular formula is C15H19ClFNO3. The van der Waals surface area contributed by atoms with E-state index in [1.165, 1.54) is 11.0 Å². The molecule has 0 spiro atoms. The number of benzene rings is 1. The number of hydrogen-bond acceptors (Lipinski definition) is 2. The van der Waals surface area contributed by atoms with Gasteiger partial charge in [-0.05, 0) is 24.6 Å². The summed E-state index contributed by atoms with van der Waals surface area (Å²) in [6, 6.07) is 2.80. The maximum atomic E-state index is 14.4. The topological polar surface area (TPSA) is 60.8 Å². The van der Waals surface area contributed by atoms with Crippen molar-refractivity contribution >= 4 is 17.7 Å². The minimum Gasteiger partial charge on any atom is -0.465 e. The minimum absolute atomic E-state index is 0.164. The predicted octanol–water partition coefficient (Wildman–Crippen LogP) is 3.24. The van der Waals surface area contributed by atoms with Gasteiger partial charge in [-0.3, -0.25) is 0 Å². The average molecular weight is 316 g/mol. The minimum atomic E-state index is -1.41. The number of hydrogen-bond donors (Lipinski definition) is 2. The van der Waals surface area contributed by atoms with Crippen molar-refractivity contribution in [1.82, 2.24) is 4.90 Å². The van der Waals surface area contributed by atoms with Crippen LogP contribution < -0.4 is 0 Å². The van der Waals surface area contributed by atoms with E-state index in [-0.39, 0.29) is 23.7 Å². The first-order chi connectivity index (χ1) is 9.67. The van der Waals surface area contributed by atoms with Gasteiger partial charge in [0, 0.05) is 35.5 Å². The van der Waals surface area contributed by atoms with Gasteiger partial charge >= 0.3 is 6.09 Å². The Bertz CT molecular complexity index is 543. The molecule has 21 heavy (non-hydrogen) atoms. The second-order valence-corrected chi connectivity index (χ2v) is 6.33. The number of likely N-dealkylation sites (tertiary alicyclic amines) is 1. The van der Waals surface area contributed by atoms with E-state index in [9.17, 15) is 14.3 Å². The molecule has 0 bridgehead atoms. The zero-order valence-electron chi connectivity index (χ0n) is 12.2. The summed E-state index contributed by atoms with van der Waals surface area (Å²) in [4.78, 5) is 12.4. The first-order valence-corrected chi connectivity index (χ1v) is 7.22. The van der Waals surface area contributed by atoms with Crippen LogP contribution in [-0.2, 0) is 5.60 Å². The molecule has 1 amide bonds. The SMILES string of the molecule is Cc1cc(Cl)cc(F)c1C1(O)[C@H](C)CN(C(=O)O)C[C@@H]1C. The predicted molar refractivity (Wildman–Crippen MR) is 78.0 cm³/mol. The fourth-order valence-electron chi connectivity index (χ4n) is 3.36. The van der Waals surface area contributed by atoms with Crippen LogP contribution in [-0.4, -0.2) is 34.3 Å². The van der Waals surface area contributed by atoms with Gasteiger partial charge in [-0.15, -0.1) is 0 Å². The summed E-state index contributed by atoms with van der Waals surface area (Å²) in [5.41, 5.74) is -0.619. The van der Waals surface area contributed by atoms with Crippen molar-refractivity contribution in [2.75, 3.05) is 13.1 Å². The van der Waals surface area contributed by atoms with Gasteiger partial charge in [0.05, 0.1) is 0 Å². The van der Waals surface area contributed by atoms with Crippen molar-refractivity contribution in [3.8, 4) is 0 Å². The molecule has 0 radical (unpaired) electrons. The fraction of sp³-hybridized carbons (Fsp3) is 0.533. The maximum absolute atomic E-state index is 14.4. The molecule has 3 atom stereocenters. The molecule has 2 N–H and O–H groups in total. The monoisotopic (exact) mass is 315 g/mol. The number of nitrogens with zero attached hydrogens (tertiary/aromatic N) is 1. The van der Waals surface area contributed by atoms with Crippen molar-refractivity contribution in [2.24, 2.45) is 11.8 Å². The van der Waals surface area contributed by atoms with Crippen molar-refractivity contribution in [2.45, 2.75) is 26.4 Å². The molecule has 2 rings (SSSR count). The number of carbonyl (C=O) groups is 1. The highest BCUT2D eigenvalue weighted by Crippen LogP contribution is 2.44. The maximum Gasteiger partial charge on any atom is 0.407 e. The highest BCUT2D eigenvalue weighted by Gasteiger charge is 2.48. The van der Waals surface area contributed by atoms with Crippen LogP contribution in [0.15, 0.2) is 12.1 Å². The van der Waals surface area contributed by atoms with Crippen LogP contribution in [0.25, 0.3) is 0 Å². The molecule has 116 valence electrons. The number of halogens is 2. The van der Waals surface area contributed by atoms with Crippen LogP contribution >= 0.6 is 11.6 Å². The Morgan fingerprint density at radius 3 is 2.33 bits per heavy atom. The summed E-state index contributed by atoms with van der Waals surface area (Å²) < 4.78 is 14.4. The first-order valence-electron chi connectivity index (χ1n) is 6.84. The van der Waals surface area contributed by atoms with Crippen molar-refractivity contribution in [3.63, 3.8) is 0 Å². The van der Waals surface area contributed by atoms with E-state index in [1.807, 2.05) is 0 Å². The zero-order valence-corrected chi connectivity index (χ0v) is 13.0. The van der Waals surface area contributed by atoms with Crippen LogP contribution in [0.4, 0.5) is 9.18 Å². The highest BCUT2D eigenvalue weighted by atomic mass is 35.5. The summed E-state index contributed by atoms with van der Waals surface area (Å²) in [6.07, 6.45) is -1.02. The van der Waals surface area contributed by atoms with E-state index >= 15 is 0 Å². The Balaban J connectivity index is 2.49. The second-order valence-electron chi connectivity index (χ2n) is 5.89. The quantitative estimate of drug-likeness (QED) is 0.836. The van der Waals surface area contributed by atoms with E-state index in [4.69, 9.17) is 16.7 Å². The molecule has 0 aliphatic carbocycles. The van der Waals surface area contributed by atoms with Crippen LogP contribution in [0.1, 0.15) is 25.0 Å². The number of rotatable bonds is 1. The lowest BCUT2D eigenvalue weighted by Crippen LogP contribution is -2.56. The lowest BCUT2D eigenvalue weighted by molar-refractivity contribution is -0.108. The number of amides is 1. The number of aliphatic hydroxyl groups is 1. The Morgan fingerprint density at radius 1 is 1.38 bits per heavy atom. The molecule has 4 nitrogen and oxygen atoms in total. The van der Waals surface area contributed by atoms with Gasteiger partial charge in [0.15, 0.2) is 0 Å². The third-order valence-electron chi connectivity index (χ3n) is 4.41.